The van der Waals surface area contributed by atoms with Gasteiger partial charge in [-0.15, -0.1) is 0 Å². The molecule has 0 saturated carbocycles. The molecule has 0 radical (unpaired) electrons. The number of rotatable bonds is 5. The number of aromatic nitrogens is 2. The van der Waals surface area contributed by atoms with Crippen LogP contribution in [0.25, 0.3) is 0 Å². The summed E-state index contributed by atoms with van der Waals surface area (Å²) in [5, 5.41) is 6.69. The van der Waals surface area contributed by atoms with Gasteiger partial charge in [0, 0.05) is 19.6 Å². The van der Waals surface area contributed by atoms with Gasteiger partial charge in [0.2, 0.25) is 10.0 Å². The lowest BCUT2D eigenvalue weighted by atomic mass is 10.1. The predicted molar refractivity (Wildman–Crippen MR) is 74.8 cm³/mol. The summed E-state index contributed by atoms with van der Waals surface area (Å²) >= 11 is 0. The van der Waals surface area contributed by atoms with Crippen molar-refractivity contribution >= 4 is 10.0 Å². The molecule has 0 aromatic carbocycles. The van der Waals surface area contributed by atoms with Crippen LogP contribution in [0.3, 0.4) is 0 Å². The lowest BCUT2D eigenvalue weighted by Gasteiger charge is -2.31. The van der Waals surface area contributed by atoms with Gasteiger partial charge in [-0.2, -0.15) is 9.40 Å². The molecule has 0 unspecified atom stereocenters. The van der Waals surface area contributed by atoms with Crippen LogP contribution in [-0.4, -0.2) is 55.3 Å². The molecule has 0 atom stereocenters. The highest BCUT2D eigenvalue weighted by Gasteiger charge is 2.32. The highest BCUT2D eigenvalue weighted by Crippen LogP contribution is 2.25. The summed E-state index contributed by atoms with van der Waals surface area (Å²) in [6.07, 6.45) is 1.52. The van der Waals surface area contributed by atoms with Crippen molar-refractivity contribution in [1.29, 1.82) is 0 Å². The van der Waals surface area contributed by atoms with Crippen molar-refractivity contribution in [3.63, 3.8) is 0 Å². The van der Waals surface area contributed by atoms with Crippen molar-refractivity contribution in [2.24, 2.45) is 5.73 Å². The molecular formula is C12H22N4O3S. The monoisotopic (exact) mass is 302 g/mol. The summed E-state index contributed by atoms with van der Waals surface area (Å²) in [7, 11) is -3.46. The number of nitrogens with one attached hydrogen (secondary N) is 1. The Balaban J connectivity index is 2.06. The molecule has 114 valence electrons. The zero-order chi connectivity index (χ0) is 14.8. The van der Waals surface area contributed by atoms with Crippen LogP contribution in [0, 0.1) is 13.8 Å². The van der Waals surface area contributed by atoms with Gasteiger partial charge in [-0.1, -0.05) is 0 Å². The van der Waals surface area contributed by atoms with Crippen molar-refractivity contribution in [1.82, 2.24) is 14.5 Å². The molecule has 8 heteroatoms. The molecule has 1 fully saturated rings. The normalized spacial score (nSPS) is 18.6. The Bertz CT molecular complexity index is 528. The number of nitrogens with zero attached hydrogens (tertiary/aromatic N) is 2. The summed E-state index contributed by atoms with van der Waals surface area (Å²) in [6.45, 7) is 5.39. The van der Waals surface area contributed by atoms with E-state index in [0.29, 0.717) is 55.4 Å². The molecule has 0 spiro atoms. The fourth-order valence-electron chi connectivity index (χ4n) is 2.52. The minimum Gasteiger partial charge on any atom is -0.377 e. The first-order valence-electron chi connectivity index (χ1n) is 6.80. The van der Waals surface area contributed by atoms with Crippen molar-refractivity contribution in [2.75, 3.05) is 26.2 Å². The van der Waals surface area contributed by atoms with Crippen LogP contribution < -0.4 is 5.73 Å². The predicted octanol–water partition coefficient (Wildman–Crippen LogP) is 0.155. The largest absolute Gasteiger partial charge is 0.377 e. The Labute approximate surface area is 119 Å². The topological polar surface area (TPSA) is 101 Å². The van der Waals surface area contributed by atoms with E-state index in [9.17, 15) is 8.42 Å². The molecule has 20 heavy (non-hydrogen) atoms. The molecule has 1 aliphatic rings. The second-order valence-electron chi connectivity index (χ2n) is 5.03. The molecule has 2 rings (SSSR count). The van der Waals surface area contributed by atoms with Gasteiger partial charge in [0.1, 0.15) is 4.90 Å². The van der Waals surface area contributed by atoms with Gasteiger partial charge < -0.3 is 10.5 Å². The van der Waals surface area contributed by atoms with Gasteiger partial charge in [-0.25, -0.2) is 8.42 Å². The van der Waals surface area contributed by atoms with Crippen LogP contribution in [0.15, 0.2) is 4.90 Å². The van der Waals surface area contributed by atoms with Crippen molar-refractivity contribution in [2.45, 2.75) is 37.7 Å². The summed E-state index contributed by atoms with van der Waals surface area (Å²) in [4.78, 5) is 0.304. The third kappa shape index (κ3) is 3.03. The lowest BCUT2D eigenvalue weighted by Crippen LogP contribution is -2.41. The molecule has 2 heterocycles. The molecule has 0 bridgehead atoms. The average molecular weight is 302 g/mol. The third-order valence-corrected chi connectivity index (χ3v) is 5.69. The van der Waals surface area contributed by atoms with Crippen LogP contribution in [0.1, 0.15) is 24.2 Å². The number of hydrogen-bond donors (Lipinski definition) is 2. The first-order valence-corrected chi connectivity index (χ1v) is 8.24. The van der Waals surface area contributed by atoms with E-state index in [1.54, 1.807) is 13.8 Å². The zero-order valence-corrected chi connectivity index (χ0v) is 12.7. The standard InChI is InChI=1S/C12H22N4O3S/c1-9-12(10(2)15-14-9)20(17,18)16-6-3-11(4-7-16)19-8-5-13/h11H,3-8,13H2,1-2H3,(H,14,15). The van der Waals surface area contributed by atoms with E-state index in [1.165, 1.54) is 4.31 Å². The van der Waals surface area contributed by atoms with E-state index < -0.39 is 10.0 Å². The molecule has 3 N–H and O–H groups in total. The molecule has 1 saturated heterocycles. The van der Waals surface area contributed by atoms with E-state index in [2.05, 4.69) is 10.2 Å². The van der Waals surface area contributed by atoms with Crippen LogP contribution >= 0.6 is 0 Å². The lowest BCUT2D eigenvalue weighted by molar-refractivity contribution is 0.0257. The fraction of sp³-hybridized carbons (Fsp3) is 0.750. The number of aryl methyl sites for hydroxylation is 2. The summed E-state index contributed by atoms with van der Waals surface area (Å²) < 4.78 is 32.3. The van der Waals surface area contributed by atoms with Crippen LogP contribution in [0.2, 0.25) is 0 Å². The Morgan fingerprint density at radius 3 is 2.55 bits per heavy atom. The average Bonchev–Trinajstić information content (AvgIpc) is 2.77. The number of aromatic amines is 1. The quantitative estimate of drug-likeness (QED) is 0.806. The van der Waals surface area contributed by atoms with Gasteiger partial charge in [-0.3, -0.25) is 5.10 Å². The maximum absolute atomic E-state index is 12.6. The summed E-state index contributed by atoms with van der Waals surface area (Å²) in [6, 6.07) is 0. The molecule has 0 aliphatic carbocycles. The second kappa shape index (κ2) is 6.21. The first kappa shape index (κ1) is 15.4. The number of hydrogen-bond acceptors (Lipinski definition) is 5. The van der Waals surface area contributed by atoms with Gasteiger partial charge in [0.05, 0.1) is 24.1 Å². The van der Waals surface area contributed by atoms with Crippen molar-refractivity contribution in [3.05, 3.63) is 11.4 Å². The summed E-state index contributed by atoms with van der Waals surface area (Å²) in [5.74, 6) is 0. The van der Waals surface area contributed by atoms with Crippen LogP contribution in [0.4, 0.5) is 0 Å². The van der Waals surface area contributed by atoms with Gasteiger partial charge in [0.15, 0.2) is 0 Å². The van der Waals surface area contributed by atoms with Crippen molar-refractivity contribution < 1.29 is 13.2 Å². The SMILES string of the molecule is Cc1n[nH]c(C)c1S(=O)(=O)N1CCC(OCCN)CC1. The molecule has 0 amide bonds. The number of ether oxygens (including phenoxy) is 1. The highest BCUT2D eigenvalue weighted by molar-refractivity contribution is 7.89. The van der Waals surface area contributed by atoms with E-state index in [-0.39, 0.29) is 6.10 Å². The minimum absolute atomic E-state index is 0.108. The first-order chi connectivity index (χ1) is 9.46. The van der Waals surface area contributed by atoms with Crippen LogP contribution in [-0.2, 0) is 14.8 Å². The molecule has 7 nitrogen and oxygen atoms in total. The molecule has 1 aliphatic heterocycles. The van der Waals surface area contributed by atoms with Crippen LogP contribution in [0.5, 0.6) is 0 Å². The minimum atomic E-state index is -3.46. The smallest absolute Gasteiger partial charge is 0.246 e. The van der Waals surface area contributed by atoms with Crippen molar-refractivity contribution in [3.8, 4) is 0 Å². The van der Waals surface area contributed by atoms with E-state index in [0.717, 1.165) is 0 Å². The number of piperidine rings is 1. The number of nitrogens with two attached hydrogens (primary N) is 1. The van der Waals surface area contributed by atoms with E-state index in [1.807, 2.05) is 0 Å². The van der Waals surface area contributed by atoms with E-state index >= 15 is 0 Å². The zero-order valence-electron chi connectivity index (χ0n) is 11.9. The Kier molecular flexibility index (Phi) is 4.79. The number of H-pyrrole nitrogens is 1. The van der Waals surface area contributed by atoms with Gasteiger partial charge >= 0.3 is 0 Å². The molecule has 1 aromatic rings. The van der Waals surface area contributed by atoms with Gasteiger partial charge in [0.25, 0.3) is 0 Å². The van der Waals surface area contributed by atoms with Gasteiger partial charge in [-0.05, 0) is 26.7 Å². The van der Waals surface area contributed by atoms with E-state index in [4.69, 9.17) is 10.5 Å². The second-order valence-corrected chi connectivity index (χ2v) is 6.90. The Morgan fingerprint density at radius 1 is 1.40 bits per heavy atom. The maximum Gasteiger partial charge on any atom is 0.246 e. The fourth-order valence-corrected chi connectivity index (χ4v) is 4.32. The highest BCUT2D eigenvalue weighted by atomic mass is 32.2. The molecule has 1 aromatic heterocycles. The Morgan fingerprint density at radius 2 is 2.05 bits per heavy atom. The Hall–Kier alpha value is -0.960. The maximum atomic E-state index is 12.6. The number of sulfonamides is 1. The third-order valence-electron chi connectivity index (χ3n) is 3.53. The molecular weight excluding hydrogens is 280 g/mol. The summed E-state index contributed by atoms with van der Waals surface area (Å²) in [5.41, 5.74) is 6.50.